The summed E-state index contributed by atoms with van der Waals surface area (Å²) in [4.78, 5) is 7.64. The van der Waals surface area contributed by atoms with E-state index in [0.29, 0.717) is 0 Å². The molecule has 0 aliphatic carbocycles. The Kier molecular flexibility index (Phi) is 4.15. The second-order valence-electron chi connectivity index (χ2n) is 5.67. The number of aliphatic hydroxyl groups is 1. The standard InChI is InChI=1S/C16H20N2OS/c19-16(9-15-10-17-13-20-15)7-4-8-18(12-16)11-14-5-2-1-3-6-14/h1-3,5-6,10,13,19H,4,7-9,11-12H2. The zero-order valence-electron chi connectivity index (χ0n) is 11.5. The van der Waals surface area contributed by atoms with E-state index in [9.17, 15) is 5.11 Å². The van der Waals surface area contributed by atoms with Gasteiger partial charge in [-0.15, -0.1) is 11.3 Å². The summed E-state index contributed by atoms with van der Waals surface area (Å²) < 4.78 is 0. The van der Waals surface area contributed by atoms with Crippen LogP contribution < -0.4 is 0 Å². The lowest BCUT2D eigenvalue weighted by Crippen LogP contribution is -2.48. The molecule has 1 fully saturated rings. The summed E-state index contributed by atoms with van der Waals surface area (Å²) in [7, 11) is 0. The summed E-state index contributed by atoms with van der Waals surface area (Å²) in [6, 6.07) is 10.5. The Morgan fingerprint density at radius 3 is 2.90 bits per heavy atom. The zero-order valence-corrected chi connectivity index (χ0v) is 12.4. The van der Waals surface area contributed by atoms with Gasteiger partial charge in [0.25, 0.3) is 0 Å². The Morgan fingerprint density at radius 1 is 1.30 bits per heavy atom. The first-order valence-electron chi connectivity index (χ1n) is 7.10. The highest BCUT2D eigenvalue weighted by Crippen LogP contribution is 2.27. The Balaban J connectivity index is 1.64. The van der Waals surface area contributed by atoms with Gasteiger partial charge in [0.05, 0.1) is 11.1 Å². The minimum atomic E-state index is -0.598. The van der Waals surface area contributed by atoms with E-state index in [1.54, 1.807) is 11.3 Å². The molecular formula is C16H20N2OS. The van der Waals surface area contributed by atoms with Crippen molar-refractivity contribution in [3.63, 3.8) is 0 Å². The van der Waals surface area contributed by atoms with Crippen LogP contribution in [0.25, 0.3) is 0 Å². The van der Waals surface area contributed by atoms with Crippen LogP contribution in [-0.4, -0.2) is 33.7 Å². The number of rotatable bonds is 4. The first-order chi connectivity index (χ1) is 9.73. The SMILES string of the molecule is OC1(Cc2cncs2)CCCN(Cc2ccccc2)C1. The van der Waals surface area contributed by atoms with Crippen LogP contribution in [0.2, 0.25) is 0 Å². The van der Waals surface area contributed by atoms with E-state index in [1.807, 2.05) is 17.8 Å². The van der Waals surface area contributed by atoms with Gasteiger partial charge in [-0.1, -0.05) is 30.3 Å². The number of hydrogen-bond donors (Lipinski definition) is 1. The zero-order chi connectivity index (χ0) is 13.8. The fraction of sp³-hybridized carbons (Fsp3) is 0.438. The van der Waals surface area contributed by atoms with Crippen LogP contribution in [0.15, 0.2) is 42.0 Å². The molecule has 3 rings (SSSR count). The van der Waals surface area contributed by atoms with Gasteiger partial charge in [-0.2, -0.15) is 0 Å². The summed E-state index contributed by atoms with van der Waals surface area (Å²) in [5.74, 6) is 0. The molecule has 0 spiro atoms. The summed E-state index contributed by atoms with van der Waals surface area (Å²) in [5, 5.41) is 10.8. The Bertz CT molecular complexity index is 529. The molecule has 1 aromatic carbocycles. The van der Waals surface area contributed by atoms with Gasteiger partial charge in [0.2, 0.25) is 0 Å². The largest absolute Gasteiger partial charge is 0.388 e. The lowest BCUT2D eigenvalue weighted by molar-refractivity contribution is -0.0321. The highest BCUT2D eigenvalue weighted by atomic mass is 32.1. The first kappa shape index (κ1) is 13.7. The molecule has 0 saturated carbocycles. The van der Waals surface area contributed by atoms with Gasteiger partial charge in [-0.3, -0.25) is 9.88 Å². The van der Waals surface area contributed by atoms with Crippen LogP contribution in [0, 0.1) is 0 Å². The second-order valence-corrected chi connectivity index (χ2v) is 6.64. The molecular weight excluding hydrogens is 268 g/mol. The third-order valence-corrected chi connectivity index (χ3v) is 4.65. The van der Waals surface area contributed by atoms with E-state index in [4.69, 9.17) is 0 Å². The van der Waals surface area contributed by atoms with Gasteiger partial charge in [-0.05, 0) is 24.9 Å². The van der Waals surface area contributed by atoms with E-state index >= 15 is 0 Å². The van der Waals surface area contributed by atoms with Crippen LogP contribution in [0.5, 0.6) is 0 Å². The fourth-order valence-electron chi connectivity index (χ4n) is 2.98. The minimum absolute atomic E-state index is 0.598. The van der Waals surface area contributed by atoms with E-state index in [0.717, 1.165) is 38.9 Å². The molecule has 1 aliphatic heterocycles. The van der Waals surface area contributed by atoms with Crippen molar-refractivity contribution in [2.24, 2.45) is 0 Å². The molecule has 1 aliphatic rings. The maximum atomic E-state index is 10.8. The number of piperidine rings is 1. The minimum Gasteiger partial charge on any atom is -0.388 e. The normalized spacial score (nSPS) is 23.9. The Morgan fingerprint density at radius 2 is 2.15 bits per heavy atom. The lowest BCUT2D eigenvalue weighted by Gasteiger charge is -2.39. The lowest BCUT2D eigenvalue weighted by atomic mass is 9.89. The molecule has 0 amide bonds. The van der Waals surface area contributed by atoms with E-state index in [2.05, 4.69) is 34.1 Å². The molecule has 1 saturated heterocycles. The predicted octanol–water partition coefficient (Wildman–Crippen LogP) is 2.71. The average molecular weight is 288 g/mol. The second kappa shape index (κ2) is 6.04. The molecule has 0 bridgehead atoms. The summed E-state index contributed by atoms with van der Waals surface area (Å²) in [5.41, 5.74) is 2.55. The smallest absolute Gasteiger partial charge is 0.0823 e. The molecule has 2 aromatic rings. The van der Waals surface area contributed by atoms with Crippen LogP contribution in [0.3, 0.4) is 0 Å². The van der Waals surface area contributed by atoms with Gasteiger partial charge in [0, 0.05) is 30.6 Å². The molecule has 106 valence electrons. The summed E-state index contributed by atoms with van der Waals surface area (Å²) in [6.07, 6.45) is 4.54. The summed E-state index contributed by atoms with van der Waals surface area (Å²) in [6.45, 7) is 2.74. The van der Waals surface area contributed by atoms with Crippen molar-refractivity contribution < 1.29 is 5.11 Å². The fourth-order valence-corrected chi connectivity index (χ4v) is 3.71. The topological polar surface area (TPSA) is 36.4 Å². The third kappa shape index (κ3) is 3.45. The highest BCUT2D eigenvalue weighted by molar-refractivity contribution is 7.09. The molecule has 1 unspecified atom stereocenters. The van der Waals surface area contributed by atoms with Gasteiger partial charge in [0.15, 0.2) is 0 Å². The molecule has 4 heteroatoms. The van der Waals surface area contributed by atoms with Crippen LogP contribution in [0.1, 0.15) is 23.3 Å². The third-order valence-electron chi connectivity index (χ3n) is 3.87. The van der Waals surface area contributed by atoms with Gasteiger partial charge < -0.3 is 5.11 Å². The molecule has 20 heavy (non-hydrogen) atoms. The van der Waals surface area contributed by atoms with Crippen LogP contribution in [0.4, 0.5) is 0 Å². The quantitative estimate of drug-likeness (QED) is 0.940. The number of benzene rings is 1. The number of thiazole rings is 1. The number of likely N-dealkylation sites (tertiary alicyclic amines) is 1. The average Bonchev–Trinajstić information content (AvgIpc) is 2.92. The van der Waals surface area contributed by atoms with Crippen molar-refractivity contribution in [1.29, 1.82) is 0 Å². The molecule has 3 nitrogen and oxygen atoms in total. The van der Waals surface area contributed by atoms with E-state index in [-0.39, 0.29) is 0 Å². The van der Waals surface area contributed by atoms with Crippen molar-refractivity contribution in [3.05, 3.63) is 52.5 Å². The first-order valence-corrected chi connectivity index (χ1v) is 7.98. The van der Waals surface area contributed by atoms with Gasteiger partial charge in [-0.25, -0.2) is 0 Å². The van der Waals surface area contributed by atoms with E-state index in [1.165, 1.54) is 10.4 Å². The van der Waals surface area contributed by atoms with Crippen molar-refractivity contribution in [3.8, 4) is 0 Å². The molecule has 1 atom stereocenters. The Hall–Kier alpha value is -1.23. The van der Waals surface area contributed by atoms with Crippen molar-refractivity contribution in [2.45, 2.75) is 31.4 Å². The molecule has 1 aromatic heterocycles. The number of nitrogens with zero attached hydrogens (tertiary/aromatic N) is 2. The number of β-amino-alcohol motifs (C(OH)–C–C–N with tert-alkyl or cyclic N) is 1. The number of aromatic nitrogens is 1. The van der Waals surface area contributed by atoms with E-state index < -0.39 is 5.60 Å². The summed E-state index contributed by atoms with van der Waals surface area (Å²) >= 11 is 1.63. The molecule has 0 radical (unpaired) electrons. The highest BCUT2D eigenvalue weighted by Gasteiger charge is 2.33. The monoisotopic (exact) mass is 288 g/mol. The van der Waals surface area contributed by atoms with Crippen LogP contribution in [-0.2, 0) is 13.0 Å². The Labute approximate surface area is 123 Å². The van der Waals surface area contributed by atoms with Crippen molar-refractivity contribution >= 4 is 11.3 Å². The maximum Gasteiger partial charge on any atom is 0.0823 e. The van der Waals surface area contributed by atoms with Crippen LogP contribution >= 0.6 is 11.3 Å². The van der Waals surface area contributed by atoms with Crippen molar-refractivity contribution in [1.82, 2.24) is 9.88 Å². The molecule has 1 N–H and O–H groups in total. The van der Waals surface area contributed by atoms with Gasteiger partial charge in [0.1, 0.15) is 0 Å². The van der Waals surface area contributed by atoms with Gasteiger partial charge >= 0.3 is 0 Å². The number of hydrogen-bond acceptors (Lipinski definition) is 4. The molecule has 2 heterocycles. The maximum absolute atomic E-state index is 10.8. The predicted molar refractivity (Wildman–Crippen MR) is 81.7 cm³/mol. The van der Waals surface area contributed by atoms with Crippen molar-refractivity contribution in [2.75, 3.05) is 13.1 Å².